The summed E-state index contributed by atoms with van der Waals surface area (Å²) in [7, 11) is 2.26. The van der Waals surface area contributed by atoms with Crippen molar-refractivity contribution in [1.29, 1.82) is 0 Å². The molecular formula is C19H23N4S+. The van der Waals surface area contributed by atoms with Crippen LogP contribution in [0.5, 0.6) is 0 Å². The molecule has 5 heteroatoms. The minimum absolute atomic E-state index is 1.06. The number of thiophene rings is 1. The van der Waals surface area contributed by atoms with Gasteiger partial charge in [0.15, 0.2) is 0 Å². The Kier molecular flexibility index (Phi) is 3.98. The van der Waals surface area contributed by atoms with Gasteiger partial charge in [-0.25, -0.2) is 9.97 Å². The highest BCUT2D eigenvalue weighted by Gasteiger charge is 2.22. The molecule has 4 nitrogen and oxygen atoms in total. The fourth-order valence-corrected chi connectivity index (χ4v) is 4.23. The second-order valence-electron chi connectivity index (χ2n) is 6.77. The summed E-state index contributed by atoms with van der Waals surface area (Å²) in [5, 5.41) is 3.44. The lowest BCUT2D eigenvalue weighted by molar-refractivity contribution is -0.880. The Bertz CT molecular complexity index is 878. The molecule has 0 radical (unpaired) electrons. The Morgan fingerprint density at radius 1 is 1.08 bits per heavy atom. The summed E-state index contributed by atoms with van der Waals surface area (Å²) in [5.74, 6) is 1.10. The quantitative estimate of drug-likeness (QED) is 0.778. The number of nitrogens with one attached hydrogen (secondary N) is 1. The van der Waals surface area contributed by atoms with Gasteiger partial charge >= 0.3 is 0 Å². The Balaban J connectivity index is 1.84. The van der Waals surface area contributed by atoms with E-state index in [9.17, 15) is 0 Å². The molecule has 4 rings (SSSR count). The lowest BCUT2D eigenvalue weighted by Gasteiger charge is -2.31. The number of rotatable bonds is 2. The van der Waals surface area contributed by atoms with Gasteiger partial charge in [0.1, 0.15) is 17.0 Å². The normalized spacial score (nSPS) is 16.0. The van der Waals surface area contributed by atoms with Crippen LogP contribution in [0.3, 0.4) is 0 Å². The van der Waals surface area contributed by atoms with Gasteiger partial charge in [0.2, 0.25) is 0 Å². The Hall–Kier alpha value is -1.98. The Morgan fingerprint density at radius 3 is 2.62 bits per heavy atom. The lowest BCUT2D eigenvalue weighted by atomic mass is 10.0. The number of piperazine rings is 1. The van der Waals surface area contributed by atoms with Crippen molar-refractivity contribution in [3.8, 4) is 11.1 Å². The molecule has 1 fully saturated rings. The minimum atomic E-state index is 1.06. The van der Waals surface area contributed by atoms with Gasteiger partial charge in [-0.2, -0.15) is 0 Å². The Labute approximate surface area is 146 Å². The summed E-state index contributed by atoms with van der Waals surface area (Å²) in [4.78, 5) is 14.3. The molecule has 3 aromatic rings. The maximum atomic E-state index is 4.67. The van der Waals surface area contributed by atoms with Crippen molar-refractivity contribution >= 4 is 27.4 Å². The van der Waals surface area contributed by atoms with Crippen LogP contribution in [0.4, 0.5) is 5.82 Å². The van der Waals surface area contributed by atoms with Gasteiger partial charge in [0.05, 0.1) is 38.6 Å². The second kappa shape index (κ2) is 6.15. The fraction of sp³-hybridized carbons (Fsp3) is 0.368. The predicted molar refractivity (Wildman–Crippen MR) is 101 cm³/mol. The van der Waals surface area contributed by atoms with E-state index in [1.54, 1.807) is 22.6 Å². The van der Waals surface area contributed by atoms with Crippen LogP contribution >= 0.6 is 11.3 Å². The van der Waals surface area contributed by atoms with Crippen LogP contribution in [0.2, 0.25) is 0 Å². The largest absolute Gasteiger partial charge is 0.345 e. The highest BCUT2D eigenvalue weighted by Crippen LogP contribution is 2.38. The van der Waals surface area contributed by atoms with Crippen LogP contribution in [0, 0.1) is 13.8 Å². The summed E-state index contributed by atoms with van der Waals surface area (Å²) >= 11 is 1.71. The SMILES string of the molecule is Cc1ccc(-c2csc3ncnc(N4CC[NH+](C)CC4)c23)cc1C. The van der Waals surface area contributed by atoms with Gasteiger partial charge in [-0.3, -0.25) is 0 Å². The van der Waals surface area contributed by atoms with Gasteiger partial charge in [-0.1, -0.05) is 18.2 Å². The monoisotopic (exact) mass is 339 g/mol. The molecule has 0 saturated carbocycles. The standard InChI is InChI=1S/C19H22N4S/c1-13-4-5-15(10-14(13)2)16-11-24-19-17(16)18(20-12-21-19)23-8-6-22(3)7-9-23/h4-5,10-12H,6-9H2,1-3H3/p+1. The van der Waals surface area contributed by atoms with Crippen LogP contribution < -0.4 is 9.80 Å². The molecule has 0 spiro atoms. The highest BCUT2D eigenvalue weighted by atomic mass is 32.1. The van der Waals surface area contributed by atoms with E-state index in [-0.39, 0.29) is 0 Å². The number of hydrogen-bond acceptors (Lipinski definition) is 4. The molecule has 0 aliphatic carbocycles. The first-order valence-corrected chi connectivity index (χ1v) is 9.37. The average molecular weight is 339 g/mol. The van der Waals surface area contributed by atoms with E-state index in [2.05, 4.69) is 59.3 Å². The number of aryl methyl sites for hydroxylation is 2. The van der Waals surface area contributed by atoms with Crippen LogP contribution in [0.1, 0.15) is 11.1 Å². The molecule has 1 aromatic carbocycles. The van der Waals surface area contributed by atoms with E-state index in [0.29, 0.717) is 0 Å². The van der Waals surface area contributed by atoms with E-state index in [1.165, 1.54) is 27.6 Å². The number of anilines is 1. The van der Waals surface area contributed by atoms with Crippen molar-refractivity contribution < 1.29 is 4.90 Å². The lowest BCUT2D eigenvalue weighted by Crippen LogP contribution is -3.12. The average Bonchev–Trinajstić information content (AvgIpc) is 3.02. The molecule has 2 aromatic heterocycles. The molecule has 1 aliphatic rings. The summed E-state index contributed by atoms with van der Waals surface area (Å²) in [6.07, 6.45) is 1.71. The minimum Gasteiger partial charge on any atom is -0.345 e. The molecule has 1 aliphatic heterocycles. The number of hydrogen-bond donors (Lipinski definition) is 1. The molecule has 0 atom stereocenters. The third-order valence-corrected chi connectivity index (χ3v) is 5.97. The van der Waals surface area contributed by atoms with Crippen LogP contribution in [0.15, 0.2) is 29.9 Å². The maximum Gasteiger partial charge on any atom is 0.141 e. The first-order valence-electron chi connectivity index (χ1n) is 8.49. The summed E-state index contributed by atoms with van der Waals surface area (Å²) in [6, 6.07) is 6.70. The van der Waals surface area contributed by atoms with Crippen molar-refractivity contribution in [3.05, 3.63) is 41.0 Å². The van der Waals surface area contributed by atoms with Gasteiger partial charge < -0.3 is 9.80 Å². The molecular weight excluding hydrogens is 316 g/mol. The van der Waals surface area contributed by atoms with Crippen LogP contribution in [-0.2, 0) is 0 Å². The van der Waals surface area contributed by atoms with Crippen LogP contribution in [-0.4, -0.2) is 43.2 Å². The zero-order chi connectivity index (χ0) is 16.7. The Morgan fingerprint density at radius 2 is 1.88 bits per heavy atom. The van der Waals surface area contributed by atoms with E-state index in [1.807, 2.05) is 0 Å². The number of aromatic nitrogens is 2. The number of likely N-dealkylation sites (N-methyl/N-ethyl adjacent to an activating group) is 1. The van der Waals surface area contributed by atoms with Crippen molar-refractivity contribution in [2.24, 2.45) is 0 Å². The van der Waals surface area contributed by atoms with E-state index in [4.69, 9.17) is 0 Å². The summed E-state index contributed by atoms with van der Waals surface area (Å²) in [5.41, 5.74) is 5.19. The fourth-order valence-electron chi connectivity index (χ4n) is 3.32. The van der Waals surface area contributed by atoms with Crippen molar-refractivity contribution in [1.82, 2.24) is 9.97 Å². The predicted octanol–water partition coefficient (Wildman–Crippen LogP) is 2.31. The third kappa shape index (κ3) is 2.68. The van der Waals surface area contributed by atoms with Crippen LogP contribution in [0.25, 0.3) is 21.3 Å². The van der Waals surface area contributed by atoms with Crippen molar-refractivity contribution in [3.63, 3.8) is 0 Å². The molecule has 0 unspecified atom stereocenters. The van der Waals surface area contributed by atoms with Gasteiger partial charge in [-0.15, -0.1) is 11.3 Å². The second-order valence-corrected chi connectivity index (χ2v) is 7.63. The smallest absolute Gasteiger partial charge is 0.141 e. The van der Waals surface area contributed by atoms with Gasteiger partial charge in [-0.05, 0) is 30.5 Å². The number of nitrogens with zero attached hydrogens (tertiary/aromatic N) is 3. The topological polar surface area (TPSA) is 33.5 Å². The van der Waals surface area contributed by atoms with E-state index >= 15 is 0 Å². The van der Waals surface area contributed by atoms with Gasteiger partial charge in [0.25, 0.3) is 0 Å². The summed E-state index contributed by atoms with van der Waals surface area (Å²) < 4.78 is 0. The van der Waals surface area contributed by atoms with Gasteiger partial charge in [0, 0.05) is 10.9 Å². The van der Waals surface area contributed by atoms with Crippen molar-refractivity contribution in [2.45, 2.75) is 13.8 Å². The molecule has 1 N–H and O–H groups in total. The molecule has 0 bridgehead atoms. The van der Waals surface area contributed by atoms with Crippen molar-refractivity contribution in [2.75, 3.05) is 38.1 Å². The zero-order valence-electron chi connectivity index (χ0n) is 14.5. The third-order valence-electron chi connectivity index (χ3n) is 5.08. The molecule has 0 amide bonds. The highest BCUT2D eigenvalue weighted by molar-refractivity contribution is 7.17. The summed E-state index contributed by atoms with van der Waals surface area (Å²) in [6.45, 7) is 8.77. The molecule has 3 heterocycles. The molecule has 124 valence electrons. The van der Waals surface area contributed by atoms with E-state index in [0.717, 1.165) is 36.8 Å². The zero-order valence-corrected chi connectivity index (χ0v) is 15.3. The maximum absolute atomic E-state index is 4.67. The number of quaternary nitrogens is 1. The number of benzene rings is 1. The number of fused-ring (bicyclic) bond motifs is 1. The molecule has 24 heavy (non-hydrogen) atoms. The first-order chi connectivity index (χ1) is 11.6. The molecule has 1 saturated heterocycles. The van der Waals surface area contributed by atoms with E-state index < -0.39 is 0 Å². The first kappa shape index (κ1) is 15.5.